The second kappa shape index (κ2) is 4.11. The maximum absolute atomic E-state index is 6.16. The molecule has 0 unspecified atom stereocenters. The molecule has 0 saturated heterocycles. The van der Waals surface area contributed by atoms with Crippen molar-refractivity contribution >= 4 is 32.7 Å². The molecule has 0 atom stereocenters. The molecule has 0 amide bonds. The molecule has 0 aliphatic rings. The van der Waals surface area contributed by atoms with Crippen LogP contribution in [0.3, 0.4) is 0 Å². The second-order valence-corrected chi connectivity index (χ2v) is 5.64. The highest BCUT2D eigenvalue weighted by atomic mass is 16.3. The summed E-state index contributed by atoms with van der Waals surface area (Å²) < 4.78 is 6.16. The van der Waals surface area contributed by atoms with Crippen LogP contribution in [0, 0.1) is 0 Å². The van der Waals surface area contributed by atoms with Gasteiger partial charge in [0.25, 0.3) is 0 Å². The lowest BCUT2D eigenvalue weighted by Gasteiger charge is -2.06. The number of fused-ring (bicyclic) bond motifs is 5. The third-order valence-corrected chi connectivity index (χ3v) is 4.04. The van der Waals surface area contributed by atoms with Gasteiger partial charge in [-0.1, -0.05) is 56.3 Å². The summed E-state index contributed by atoms with van der Waals surface area (Å²) in [6.45, 7) is 4.46. The monoisotopic (exact) mass is 260 g/mol. The van der Waals surface area contributed by atoms with Crippen LogP contribution in [0.4, 0.5) is 0 Å². The van der Waals surface area contributed by atoms with Crippen molar-refractivity contribution in [2.75, 3.05) is 0 Å². The van der Waals surface area contributed by atoms with E-state index in [2.05, 4.69) is 68.4 Å². The molecular formula is C19H16O. The van der Waals surface area contributed by atoms with E-state index in [1.54, 1.807) is 0 Å². The minimum atomic E-state index is 0.492. The lowest BCUT2D eigenvalue weighted by atomic mass is 9.96. The van der Waals surface area contributed by atoms with Crippen LogP contribution in [0.2, 0.25) is 0 Å². The van der Waals surface area contributed by atoms with Crippen LogP contribution >= 0.6 is 0 Å². The summed E-state index contributed by atoms with van der Waals surface area (Å²) in [6.07, 6.45) is 0. The Morgan fingerprint density at radius 3 is 2.50 bits per heavy atom. The molecule has 0 bridgehead atoms. The Labute approximate surface area is 117 Å². The zero-order chi connectivity index (χ0) is 13.7. The number of hydrogen-bond acceptors (Lipinski definition) is 1. The topological polar surface area (TPSA) is 13.1 Å². The highest BCUT2D eigenvalue weighted by molar-refractivity contribution is 6.15. The van der Waals surface area contributed by atoms with E-state index in [9.17, 15) is 0 Å². The van der Waals surface area contributed by atoms with Gasteiger partial charge in [0, 0.05) is 16.2 Å². The Hall–Kier alpha value is -2.28. The normalized spacial score (nSPS) is 11.9. The van der Waals surface area contributed by atoms with Gasteiger partial charge in [-0.2, -0.15) is 0 Å². The maximum Gasteiger partial charge on any atom is 0.143 e. The molecule has 20 heavy (non-hydrogen) atoms. The number of rotatable bonds is 1. The summed E-state index contributed by atoms with van der Waals surface area (Å²) in [5, 5.41) is 4.91. The molecule has 1 heterocycles. The lowest BCUT2D eigenvalue weighted by Crippen LogP contribution is -1.87. The molecule has 98 valence electrons. The highest BCUT2D eigenvalue weighted by Crippen LogP contribution is 2.37. The van der Waals surface area contributed by atoms with Gasteiger partial charge >= 0.3 is 0 Å². The van der Waals surface area contributed by atoms with Crippen molar-refractivity contribution in [3.63, 3.8) is 0 Å². The molecule has 1 heteroatoms. The van der Waals surface area contributed by atoms with Crippen LogP contribution in [0.25, 0.3) is 32.7 Å². The van der Waals surface area contributed by atoms with E-state index in [4.69, 9.17) is 4.42 Å². The average Bonchev–Trinajstić information content (AvgIpc) is 2.86. The SMILES string of the molecule is CC(C)c1cccc2oc3c4ccccc4ccc3c12. The van der Waals surface area contributed by atoms with E-state index in [0.29, 0.717) is 5.92 Å². The van der Waals surface area contributed by atoms with E-state index in [-0.39, 0.29) is 0 Å². The molecule has 3 aromatic carbocycles. The molecule has 1 aromatic heterocycles. The fourth-order valence-electron chi connectivity index (χ4n) is 3.06. The molecule has 0 radical (unpaired) electrons. The molecule has 4 rings (SSSR count). The molecule has 0 spiro atoms. The summed E-state index contributed by atoms with van der Waals surface area (Å²) in [5.74, 6) is 0.492. The molecular weight excluding hydrogens is 244 g/mol. The second-order valence-electron chi connectivity index (χ2n) is 5.64. The Bertz CT molecular complexity index is 928. The summed E-state index contributed by atoms with van der Waals surface area (Å²) in [5.41, 5.74) is 3.35. The van der Waals surface area contributed by atoms with Gasteiger partial charge in [-0.3, -0.25) is 0 Å². The molecule has 0 N–H and O–H groups in total. The first-order valence-electron chi connectivity index (χ1n) is 7.08. The van der Waals surface area contributed by atoms with Crippen LogP contribution < -0.4 is 0 Å². The number of hydrogen-bond donors (Lipinski definition) is 0. The van der Waals surface area contributed by atoms with Crippen LogP contribution in [-0.4, -0.2) is 0 Å². The lowest BCUT2D eigenvalue weighted by molar-refractivity contribution is 0.672. The van der Waals surface area contributed by atoms with Crippen LogP contribution in [0.1, 0.15) is 25.3 Å². The Balaban J connectivity index is 2.26. The van der Waals surface area contributed by atoms with Crippen molar-refractivity contribution in [1.29, 1.82) is 0 Å². The van der Waals surface area contributed by atoms with Gasteiger partial charge in [0.05, 0.1) is 0 Å². The molecule has 4 aromatic rings. The van der Waals surface area contributed by atoms with Gasteiger partial charge in [0.2, 0.25) is 0 Å². The average molecular weight is 260 g/mol. The molecule has 0 saturated carbocycles. The third kappa shape index (κ3) is 1.50. The smallest absolute Gasteiger partial charge is 0.143 e. The van der Waals surface area contributed by atoms with Gasteiger partial charge in [0.1, 0.15) is 11.2 Å². The van der Waals surface area contributed by atoms with Crippen LogP contribution in [0.15, 0.2) is 59.0 Å². The summed E-state index contributed by atoms with van der Waals surface area (Å²) in [4.78, 5) is 0. The number of benzene rings is 3. The predicted molar refractivity (Wildman–Crippen MR) is 85.3 cm³/mol. The maximum atomic E-state index is 6.16. The van der Waals surface area contributed by atoms with Gasteiger partial charge in [0.15, 0.2) is 0 Å². The first kappa shape index (κ1) is 11.5. The number of furan rings is 1. The fourth-order valence-corrected chi connectivity index (χ4v) is 3.06. The Kier molecular flexibility index (Phi) is 2.37. The quantitative estimate of drug-likeness (QED) is 0.417. The largest absolute Gasteiger partial charge is 0.455 e. The Morgan fingerprint density at radius 2 is 1.65 bits per heavy atom. The van der Waals surface area contributed by atoms with E-state index < -0.39 is 0 Å². The van der Waals surface area contributed by atoms with Gasteiger partial charge in [-0.25, -0.2) is 0 Å². The van der Waals surface area contributed by atoms with Crippen LogP contribution in [-0.2, 0) is 0 Å². The molecule has 0 fully saturated rings. The third-order valence-electron chi connectivity index (χ3n) is 4.04. The summed E-state index contributed by atoms with van der Waals surface area (Å²) >= 11 is 0. The van der Waals surface area contributed by atoms with Crippen molar-refractivity contribution < 1.29 is 4.42 Å². The first-order valence-corrected chi connectivity index (χ1v) is 7.08. The zero-order valence-electron chi connectivity index (χ0n) is 11.7. The Morgan fingerprint density at radius 1 is 0.800 bits per heavy atom. The minimum absolute atomic E-state index is 0.492. The molecule has 0 aliphatic carbocycles. The van der Waals surface area contributed by atoms with Crippen molar-refractivity contribution in [2.45, 2.75) is 19.8 Å². The van der Waals surface area contributed by atoms with Gasteiger partial charge in [-0.15, -0.1) is 0 Å². The summed E-state index contributed by atoms with van der Waals surface area (Å²) in [6, 6.07) is 19.1. The highest BCUT2D eigenvalue weighted by Gasteiger charge is 2.14. The molecule has 0 aliphatic heterocycles. The van der Waals surface area contributed by atoms with E-state index in [0.717, 1.165) is 11.2 Å². The molecule has 1 nitrogen and oxygen atoms in total. The van der Waals surface area contributed by atoms with Crippen molar-refractivity contribution in [1.82, 2.24) is 0 Å². The van der Waals surface area contributed by atoms with Crippen LogP contribution in [0.5, 0.6) is 0 Å². The van der Waals surface area contributed by atoms with Crippen molar-refractivity contribution in [3.05, 3.63) is 60.2 Å². The van der Waals surface area contributed by atoms with Gasteiger partial charge in [-0.05, 0) is 29.0 Å². The zero-order valence-corrected chi connectivity index (χ0v) is 11.7. The van der Waals surface area contributed by atoms with Crippen molar-refractivity contribution in [2.24, 2.45) is 0 Å². The fraction of sp³-hybridized carbons (Fsp3) is 0.158. The van der Waals surface area contributed by atoms with E-state index in [1.165, 1.54) is 27.1 Å². The van der Waals surface area contributed by atoms with E-state index in [1.807, 2.05) is 0 Å². The van der Waals surface area contributed by atoms with Crippen molar-refractivity contribution in [3.8, 4) is 0 Å². The standard InChI is InChI=1S/C19H16O/c1-12(2)14-8-5-9-17-18(14)16-11-10-13-6-3-4-7-15(13)19(16)20-17/h3-12H,1-2H3. The minimum Gasteiger partial charge on any atom is -0.455 e. The van der Waals surface area contributed by atoms with E-state index >= 15 is 0 Å². The van der Waals surface area contributed by atoms with Gasteiger partial charge < -0.3 is 4.42 Å². The predicted octanol–water partition coefficient (Wildman–Crippen LogP) is 5.86. The first-order chi connectivity index (χ1) is 9.75. The summed E-state index contributed by atoms with van der Waals surface area (Å²) in [7, 11) is 0.